The summed E-state index contributed by atoms with van der Waals surface area (Å²) in [5.74, 6) is 0. The Balaban J connectivity index is 1.84. The van der Waals surface area contributed by atoms with Gasteiger partial charge >= 0.3 is 0 Å². The van der Waals surface area contributed by atoms with E-state index in [4.69, 9.17) is 9.84 Å². The monoisotopic (exact) mass is 156 g/mol. The van der Waals surface area contributed by atoms with Crippen molar-refractivity contribution in [1.82, 2.24) is 0 Å². The lowest BCUT2D eigenvalue weighted by atomic mass is 9.65. The number of aliphatic hydroxyl groups excluding tert-OH is 1. The molecule has 0 aromatic rings. The molecule has 1 saturated heterocycles. The van der Waals surface area contributed by atoms with Crippen LogP contribution in [0.25, 0.3) is 0 Å². The highest BCUT2D eigenvalue weighted by atomic mass is 16.5. The van der Waals surface area contributed by atoms with Gasteiger partial charge in [0.15, 0.2) is 0 Å². The fourth-order valence-electron chi connectivity index (χ4n) is 2.13. The van der Waals surface area contributed by atoms with E-state index >= 15 is 0 Å². The van der Waals surface area contributed by atoms with E-state index in [-0.39, 0.29) is 12.7 Å². The maximum Gasteiger partial charge on any atom is 0.0806 e. The molecule has 2 fully saturated rings. The summed E-state index contributed by atoms with van der Waals surface area (Å²) in [6.45, 7) is 1.11. The van der Waals surface area contributed by atoms with Crippen LogP contribution >= 0.6 is 0 Å². The van der Waals surface area contributed by atoms with Gasteiger partial charge in [-0.1, -0.05) is 6.42 Å². The van der Waals surface area contributed by atoms with E-state index in [1.54, 1.807) is 0 Å². The van der Waals surface area contributed by atoms with Crippen molar-refractivity contribution in [1.29, 1.82) is 0 Å². The Morgan fingerprint density at radius 2 is 2.18 bits per heavy atom. The molecule has 2 heteroatoms. The van der Waals surface area contributed by atoms with E-state index in [1.807, 2.05) is 0 Å². The second kappa shape index (κ2) is 2.76. The van der Waals surface area contributed by atoms with E-state index in [2.05, 4.69) is 0 Å². The van der Waals surface area contributed by atoms with Gasteiger partial charge < -0.3 is 9.84 Å². The predicted octanol–water partition coefficient (Wildman–Crippen LogP) is 1.33. The standard InChI is InChI=1S/C9H16O2/c10-6-8-2-5-9(7-11-8)3-1-4-9/h8,10H,1-7H2. The summed E-state index contributed by atoms with van der Waals surface area (Å²) in [6.07, 6.45) is 6.57. The first-order chi connectivity index (χ1) is 5.35. The summed E-state index contributed by atoms with van der Waals surface area (Å²) in [5.41, 5.74) is 0.547. The molecule has 2 nitrogen and oxygen atoms in total. The fraction of sp³-hybridized carbons (Fsp3) is 1.00. The Bertz CT molecular complexity index is 130. The normalized spacial score (nSPS) is 35.2. The zero-order valence-electron chi connectivity index (χ0n) is 6.88. The number of ether oxygens (including phenoxy) is 1. The predicted molar refractivity (Wildman–Crippen MR) is 42.3 cm³/mol. The SMILES string of the molecule is OCC1CCC2(CCC2)CO1. The molecular formula is C9H16O2. The first kappa shape index (κ1) is 7.56. The van der Waals surface area contributed by atoms with Gasteiger partial charge in [-0.15, -0.1) is 0 Å². The summed E-state index contributed by atoms with van der Waals surface area (Å²) in [6, 6.07) is 0. The highest BCUT2D eigenvalue weighted by Gasteiger charge is 2.40. The smallest absolute Gasteiger partial charge is 0.0806 e. The van der Waals surface area contributed by atoms with Crippen LogP contribution in [0.2, 0.25) is 0 Å². The molecular weight excluding hydrogens is 140 g/mol. The molecule has 2 rings (SSSR count). The van der Waals surface area contributed by atoms with E-state index in [0.717, 1.165) is 13.0 Å². The molecule has 1 atom stereocenters. The number of hydrogen-bond donors (Lipinski definition) is 1. The minimum Gasteiger partial charge on any atom is -0.394 e. The molecule has 0 amide bonds. The summed E-state index contributed by atoms with van der Waals surface area (Å²) in [5, 5.41) is 8.83. The van der Waals surface area contributed by atoms with Crippen LogP contribution < -0.4 is 0 Å². The molecule has 0 radical (unpaired) electrons. The van der Waals surface area contributed by atoms with Gasteiger partial charge in [0, 0.05) is 0 Å². The van der Waals surface area contributed by atoms with Crippen LogP contribution in [0.3, 0.4) is 0 Å². The number of aliphatic hydroxyl groups is 1. The molecule has 11 heavy (non-hydrogen) atoms. The molecule has 2 aliphatic rings. The molecule has 1 aliphatic heterocycles. The van der Waals surface area contributed by atoms with Crippen LogP contribution in [0, 0.1) is 5.41 Å². The Hall–Kier alpha value is -0.0800. The first-order valence-electron chi connectivity index (χ1n) is 4.57. The zero-order valence-corrected chi connectivity index (χ0v) is 6.88. The van der Waals surface area contributed by atoms with Crippen LogP contribution in [0.15, 0.2) is 0 Å². The van der Waals surface area contributed by atoms with Crippen molar-refractivity contribution >= 4 is 0 Å². The maximum atomic E-state index is 8.83. The van der Waals surface area contributed by atoms with Crippen molar-refractivity contribution in [2.45, 2.75) is 38.2 Å². The van der Waals surface area contributed by atoms with Crippen LogP contribution in [0.4, 0.5) is 0 Å². The van der Waals surface area contributed by atoms with Gasteiger partial charge in [0.25, 0.3) is 0 Å². The summed E-state index contributed by atoms with van der Waals surface area (Å²) in [4.78, 5) is 0. The van der Waals surface area contributed by atoms with Crippen LogP contribution in [0.1, 0.15) is 32.1 Å². The topological polar surface area (TPSA) is 29.5 Å². The third-order valence-corrected chi connectivity index (χ3v) is 3.24. The molecule has 1 saturated carbocycles. The highest BCUT2D eigenvalue weighted by molar-refractivity contribution is 4.90. The van der Waals surface area contributed by atoms with E-state index in [1.165, 1.54) is 25.7 Å². The molecule has 1 unspecified atom stereocenters. The van der Waals surface area contributed by atoms with Gasteiger partial charge in [0.2, 0.25) is 0 Å². The van der Waals surface area contributed by atoms with Crippen molar-refractivity contribution in [3.8, 4) is 0 Å². The molecule has 64 valence electrons. The Kier molecular flexibility index (Phi) is 1.90. The number of rotatable bonds is 1. The average Bonchev–Trinajstić information content (AvgIpc) is 2.02. The second-order valence-corrected chi connectivity index (χ2v) is 4.01. The van der Waals surface area contributed by atoms with Crippen molar-refractivity contribution in [3.63, 3.8) is 0 Å². The molecule has 1 aliphatic carbocycles. The summed E-state index contributed by atoms with van der Waals surface area (Å²) in [7, 11) is 0. The van der Waals surface area contributed by atoms with Crippen molar-refractivity contribution in [3.05, 3.63) is 0 Å². The third-order valence-electron chi connectivity index (χ3n) is 3.24. The Labute approximate surface area is 67.6 Å². The third kappa shape index (κ3) is 1.30. The van der Waals surface area contributed by atoms with Crippen LogP contribution in [0.5, 0.6) is 0 Å². The van der Waals surface area contributed by atoms with Gasteiger partial charge in [-0.05, 0) is 31.1 Å². The minimum absolute atomic E-state index is 0.140. The summed E-state index contributed by atoms with van der Waals surface area (Å²) >= 11 is 0. The fourth-order valence-corrected chi connectivity index (χ4v) is 2.13. The van der Waals surface area contributed by atoms with Gasteiger partial charge in [-0.3, -0.25) is 0 Å². The summed E-state index contributed by atoms with van der Waals surface area (Å²) < 4.78 is 5.53. The quantitative estimate of drug-likeness (QED) is 0.620. The lowest BCUT2D eigenvalue weighted by Crippen LogP contribution is -2.41. The van der Waals surface area contributed by atoms with Crippen molar-refractivity contribution < 1.29 is 9.84 Å². The average molecular weight is 156 g/mol. The van der Waals surface area contributed by atoms with Crippen molar-refractivity contribution in [2.75, 3.05) is 13.2 Å². The Morgan fingerprint density at radius 1 is 1.36 bits per heavy atom. The van der Waals surface area contributed by atoms with E-state index in [9.17, 15) is 0 Å². The first-order valence-corrected chi connectivity index (χ1v) is 4.57. The lowest BCUT2D eigenvalue weighted by Gasteiger charge is -2.46. The van der Waals surface area contributed by atoms with Crippen LogP contribution in [-0.2, 0) is 4.74 Å². The van der Waals surface area contributed by atoms with Gasteiger partial charge in [-0.25, -0.2) is 0 Å². The molecule has 0 aromatic carbocycles. The van der Waals surface area contributed by atoms with Gasteiger partial charge in [0.05, 0.1) is 19.3 Å². The highest BCUT2D eigenvalue weighted by Crippen LogP contribution is 2.47. The van der Waals surface area contributed by atoms with Gasteiger partial charge in [-0.2, -0.15) is 0 Å². The molecule has 0 aromatic heterocycles. The van der Waals surface area contributed by atoms with E-state index in [0.29, 0.717) is 5.41 Å². The zero-order chi connectivity index (χ0) is 7.73. The maximum absolute atomic E-state index is 8.83. The molecule has 1 spiro atoms. The molecule has 0 bridgehead atoms. The van der Waals surface area contributed by atoms with Gasteiger partial charge in [0.1, 0.15) is 0 Å². The van der Waals surface area contributed by atoms with E-state index < -0.39 is 0 Å². The lowest BCUT2D eigenvalue weighted by molar-refractivity contribution is -0.110. The van der Waals surface area contributed by atoms with Crippen molar-refractivity contribution in [2.24, 2.45) is 5.41 Å². The second-order valence-electron chi connectivity index (χ2n) is 4.01. The largest absolute Gasteiger partial charge is 0.394 e. The molecule has 1 heterocycles. The Morgan fingerprint density at radius 3 is 2.55 bits per heavy atom. The van der Waals surface area contributed by atoms with Crippen LogP contribution in [-0.4, -0.2) is 24.4 Å². The minimum atomic E-state index is 0.140. The number of hydrogen-bond acceptors (Lipinski definition) is 2. The molecule has 1 N–H and O–H groups in total.